The van der Waals surface area contributed by atoms with E-state index in [0.29, 0.717) is 11.5 Å². The van der Waals surface area contributed by atoms with Gasteiger partial charge in [-0.2, -0.15) is 13.2 Å². The van der Waals surface area contributed by atoms with Crippen LogP contribution in [0.4, 0.5) is 13.2 Å². The maximum absolute atomic E-state index is 13.1. The van der Waals surface area contributed by atoms with Gasteiger partial charge < -0.3 is 9.64 Å². The number of alkyl halides is 3. The van der Waals surface area contributed by atoms with Crippen LogP contribution in [0.5, 0.6) is 0 Å². The van der Waals surface area contributed by atoms with Crippen molar-refractivity contribution in [1.82, 2.24) is 4.90 Å². The Kier molecular flexibility index (Phi) is 4.08. The Morgan fingerprint density at radius 3 is 2.56 bits per heavy atom. The van der Waals surface area contributed by atoms with E-state index in [1.807, 2.05) is 18.2 Å². The molecule has 2 heterocycles. The minimum atomic E-state index is -4.35. The van der Waals surface area contributed by atoms with Gasteiger partial charge in [-0.1, -0.05) is 36.4 Å². The molecule has 2 aromatic carbocycles. The van der Waals surface area contributed by atoms with Gasteiger partial charge in [-0.15, -0.1) is 0 Å². The second-order valence-electron chi connectivity index (χ2n) is 6.96. The number of likely N-dealkylation sites (N-methyl/N-ethyl adjacent to an activating group) is 1. The lowest BCUT2D eigenvalue weighted by Gasteiger charge is -2.44. The number of hydrogen-bond acceptors (Lipinski definition) is 2. The van der Waals surface area contributed by atoms with Crippen LogP contribution in [0, 0.1) is 0 Å². The molecule has 4 rings (SSSR count). The van der Waals surface area contributed by atoms with E-state index in [4.69, 9.17) is 4.74 Å². The molecule has 0 aliphatic carbocycles. The summed E-state index contributed by atoms with van der Waals surface area (Å²) in [7, 11) is 2.05. The van der Waals surface area contributed by atoms with Gasteiger partial charge in [0.15, 0.2) is 0 Å². The molecular weight excluding hydrogens is 327 g/mol. The zero-order valence-electron chi connectivity index (χ0n) is 14.0. The molecule has 0 saturated carbocycles. The van der Waals surface area contributed by atoms with Crippen LogP contribution in [0.1, 0.15) is 40.7 Å². The predicted octanol–water partition coefficient (Wildman–Crippen LogP) is 4.61. The van der Waals surface area contributed by atoms with Gasteiger partial charge in [0.2, 0.25) is 0 Å². The monoisotopic (exact) mass is 347 g/mol. The number of benzene rings is 2. The number of nitrogens with zero attached hydrogens (tertiary/aromatic N) is 1. The topological polar surface area (TPSA) is 12.5 Å². The largest absolute Gasteiger partial charge is 0.416 e. The van der Waals surface area contributed by atoms with Crippen LogP contribution in [0.3, 0.4) is 0 Å². The molecule has 0 aromatic heterocycles. The number of halogens is 3. The summed E-state index contributed by atoms with van der Waals surface area (Å²) in [4.78, 5) is 2.22. The molecule has 5 heteroatoms. The summed E-state index contributed by atoms with van der Waals surface area (Å²) in [6.45, 7) is 1.81. The van der Waals surface area contributed by atoms with Gasteiger partial charge in [-0.25, -0.2) is 0 Å². The summed E-state index contributed by atoms with van der Waals surface area (Å²) < 4.78 is 45.6. The molecule has 0 amide bonds. The smallest absolute Gasteiger partial charge is 0.364 e. The number of ether oxygens (including phenoxy) is 1. The van der Waals surface area contributed by atoms with Crippen LogP contribution in [0.2, 0.25) is 0 Å². The molecule has 132 valence electrons. The Bertz CT molecular complexity index is 774. The second kappa shape index (κ2) is 6.15. The van der Waals surface area contributed by atoms with Crippen molar-refractivity contribution in [1.29, 1.82) is 0 Å². The van der Waals surface area contributed by atoms with Gasteiger partial charge in [-0.3, -0.25) is 0 Å². The van der Waals surface area contributed by atoms with Crippen molar-refractivity contribution in [2.75, 3.05) is 20.1 Å². The Labute approximate surface area is 145 Å². The van der Waals surface area contributed by atoms with Gasteiger partial charge in [0.05, 0.1) is 11.7 Å². The van der Waals surface area contributed by atoms with Gasteiger partial charge in [-0.05, 0) is 48.8 Å². The highest BCUT2D eigenvalue weighted by molar-refractivity contribution is 5.42. The SMILES string of the molecule is CN1CC[C@H]2c3ccccc3C(c3cccc(C(F)(F)F)c3)O[C@H]2C1. The number of likely N-dealkylation sites (tertiary alicyclic amines) is 1. The highest BCUT2D eigenvalue weighted by Gasteiger charge is 2.39. The summed E-state index contributed by atoms with van der Waals surface area (Å²) in [6.07, 6.45) is -3.79. The Morgan fingerprint density at radius 2 is 1.80 bits per heavy atom. The van der Waals surface area contributed by atoms with E-state index in [2.05, 4.69) is 18.0 Å². The first-order valence-corrected chi connectivity index (χ1v) is 8.53. The Hall–Kier alpha value is -1.85. The van der Waals surface area contributed by atoms with Crippen molar-refractivity contribution in [3.63, 3.8) is 0 Å². The zero-order chi connectivity index (χ0) is 17.6. The van der Waals surface area contributed by atoms with Crippen LogP contribution in [-0.4, -0.2) is 31.1 Å². The normalized spacial score (nSPS) is 26.8. The molecule has 3 atom stereocenters. The van der Waals surface area contributed by atoms with Gasteiger partial charge in [0.1, 0.15) is 6.10 Å². The summed E-state index contributed by atoms with van der Waals surface area (Å²) >= 11 is 0. The number of piperidine rings is 1. The third-order valence-corrected chi connectivity index (χ3v) is 5.27. The minimum Gasteiger partial charge on any atom is -0.364 e. The van der Waals surface area contributed by atoms with Crippen molar-refractivity contribution in [3.05, 3.63) is 70.8 Å². The lowest BCUT2D eigenvalue weighted by Crippen LogP contribution is -2.45. The molecule has 0 spiro atoms. The first kappa shape index (κ1) is 16.6. The third-order valence-electron chi connectivity index (χ3n) is 5.27. The average Bonchev–Trinajstić information content (AvgIpc) is 2.60. The molecule has 1 fully saturated rings. The molecule has 0 bridgehead atoms. The van der Waals surface area contributed by atoms with Crippen molar-refractivity contribution in [2.24, 2.45) is 0 Å². The summed E-state index contributed by atoms with van der Waals surface area (Å²) in [5.74, 6) is 0.314. The molecule has 1 unspecified atom stereocenters. The van der Waals surface area contributed by atoms with E-state index in [1.165, 1.54) is 17.7 Å². The van der Waals surface area contributed by atoms with Gasteiger partial charge in [0, 0.05) is 12.5 Å². The fraction of sp³-hybridized carbons (Fsp3) is 0.400. The van der Waals surface area contributed by atoms with E-state index in [1.54, 1.807) is 6.07 Å². The van der Waals surface area contributed by atoms with Crippen molar-refractivity contribution in [2.45, 2.75) is 30.7 Å². The summed E-state index contributed by atoms with van der Waals surface area (Å²) in [6, 6.07) is 13.5. The van der Waals surface area contributed by atoms with Crippen molar-refractivity contribution >= 4 is 0 Å². The van der Waals surface area contributed by atoms with E-state index in [9.17, 15) is 13.2 Å². The highest BCUT2D eigenvalue weighted by Crippen LogP contribution is 2.44. The zero-order valence-corrected chi connectivity index (χ0v) is 14.0. The lowest BCUT2D eigenvalue weighted by molar-refractivity contribution is -0.137. The van der Waals surface area contributed by atoms with E-state index >= 15 is 0 Å². The molecule has 0 N–H and O–H groups in total. The third kappa shape index (κ3) is 3.07. The molecule has 25 heavy (non-hydrogen) atoms. The fourth-order valence-corrected chi connectivity index (χ4v) is 4.04. The fourth-order valence-electron chi connectivity index (χ4n) is 4.04. The molecule has 1 saturated heterocycles. The second-order valence-corrected chi connectivity index (χ2v) is 6.96. The number of rotatable bonds is 1. The summed E-state index contributed by atoms with van der Waals surface area (Å²) in [5, 5.41) is 0. The quantitative estimate of drug-likeness (QED) is 0.747. The number of hydrogen-bond donors (Lipinski definition) is 0. The van der Waals surface area contributed by atoms with Crippen LogP contribution in [0.15, 0.2) is 48.5 Å². The first-order chi connectivity index (χ1) is 11.9. The average molecular weight is 347 g/mol. The van der Waals surface area contributed by atoms with Crippen LogP contribution < -0.4 is 0 Å². The molecule has 2 aliphatic rings. The summed E-state index contributed by atoms with van der Waals surface area (Å²) in [5.41, 5.74) is 2.14. The Morgan fingerprint density at radius 1 is 1.04 bits per heavy atom. The minimum absolute atomic E-state index is 0.00759. The van der Waals surface area contributed by atoms with Crippen LogP contribution >= 0.6 is 0 Å². The standard InChI is InChI=1S/C20H20F3NO/c1-24-10-9-16-15-7-2-3-8-17(15)19(25-18(16)12-24)13-5-4-6-14(11-13)20(21,22)23/h2-8,11,16,18-19H,9-10,12H2,1H3/t16-,18-,19?/m0/s1. The molecule has 0 radical (unpaired) electrons. The molecule has 2 nitrogen and oxygen atoms in total. The molecule has 2 aliphatic heterocycles. The van der Waals surface area contributed by atoms with E-state index in [-0.39, 0.29) is 6.10 Å². The molecule has 2 aromatic rings. The number of fused-ring (bicyclic) bond motifs is 3. The van der Waals surface area contributed by atoms with Gasteiger partial charge in [0.25, 0.3) is 0 Å². The maximum Gasteiger partial charge on any atom is 0.416 e. The highest BCUT2D eigenvalue weighted by atomic mass is 19.4. The van der Waals surface area contributed by atoms with E-state index < -0.39 is 17.8 Å². The maximum atomic E-state index is 13.1. The van der Waals surface area contributed by atoms with Crippen molar-refractivity contribution in [3.8, 4) is 0 Å². The van der Waals surface area contributed by atoms with Crippen LogP contribution in [-0.2, 0) is 10.9 Å². The lowest BCUT2D eigenvalue weighted by atomic mass is 9.79. The molecular formula is C20H20F3NO. The van der Waals surface area contributed by atoms with E-state index in [0.717, 1.165) is 31.1 Å². The Balaban J connectivity index is 1.77. The van der Waals surface area contributed by atoms with Crippen molar-refractivity contribution < 1.29 is 17.9 Å². The van der Waals surface area contributed by atoms with Gasteiger partial charge >= 0.3 is 6.18 Å². The first-order valence-electron chi connectivity index (χ1n) is 8.53. The van der Waals surface area contributed by atoms with Crippen LogP contribution in [0.25, 0.3) is 0 Å². The predicted molar refractivity (Wildman–Crippen MR) is 89.5 cm³/mol.